The van der Waals surface area contributed by atoms with E-state index >= 15 is 0 Å². The maximum Gasteiger partial charge on any atom is 0.231 e. The third-order valence-electron chi connectivity index (χ3n) is 4.33. The van der Waals surface area contributed by atoms with E-state index in [1.165, 1.54) is 10.5 Å². The number of rotatable bonds is 1. The second-order valence-corrected chi connectivity index (χ2v) is 6.68. The smallest absolute Gasteiger partial charge is 0.231 e. The highest BCUT2D eigenvalue weighted by Crippen LogP contribution is 2.40. The molecule has 0 bridgehead atoms. The number of piperidine rings is 1. The van der Waals surface area contributed by atoms with Crippen LogP contribution in [0.5, 0.6) is 0 Å². The molecule has 19 heavy (non-hydrogen) atoms. The lowest BCUT2D eigenvalue weighted by molar-refractivity contribution is -0.134. The molecule has 2 aliphatic heterocycles. The van der Waals surface area contributed by atoms with Gasteiger partial charge in [0.25, 0.3) is 0 Å². The second kappa shape index (κ2) is 5.17. The van der Waals surface area contributed by atoms with Gasteiger partial charge in [-0.25, -0.2) is 0 Å². The summed E-state index contributed by atoms with van der Waals surface area (Å²) in [5.74, 6) is 1.69. The van der Waals surface area contributed by atoms with Gasteiger partial charge in [-0.05, 0) is 24.0 Å². The van der Waals surface area contributed by atoms with E-state index in [1.807, 2.05) is 17.0 Å². The summed E-state index contributed by atoms with van der Waals surface area (Å²) in [6.45, 7) is 3.74. The highest BCUT2D eigenvalue weighted by molar-refractivity contribution is 7.99. The van der Waals surface area contributed by atoms with Crippen molar-refractivity contribution in [3.8, 4) is 0 Å². The first-order valence-corrected chi connectivity index (χ1v) is 7.91. The van der Waals surface area contributed by atoms with Crippen LogP contribution in [0.1, 0.15) is 24.8 Å². The van der Waals surface area contributed by atoms with E-state index in [9.17, 15) is 4.79 Å². The highest BCUT2D eigenvalue weighted by atomic mass is 32.2. The van der Waals surface area contributed by atoms with Crippen LogP contribution in [0.4, 0.5) is 0 Å². The Morgan fingerprint density at radius 1 is 1.42 bits per heavy atom. The standard InChI is InChI=1S/C15H20N2OS/c1-10-6-7-17(8-13(10)16)15(18)12-9-19-14-5-3-2-4-11(12)14/h2-5,10,12-13H,6-9,16H2,1H3. The molecule has 3 unspecified atom stereocenters. The van der Waals surface area contributed by atoms with Gasteiger partial charge in [0.2, 0.25) is 5.91 Å². The SMILES string of the molecule is CC1CCN(C(=O)C2CSc3ccccc32)CC1N. The van der Waals surface area contributed by atoms with Crippen molar-refractivity contribution in [2.75, 3.05) is 18.8 Å². The zero-order chi connectivity index (χ0) is 13.4. The van der Waals surface area contributed by atoms with Gasteiger partial charge in [-0.15, -0.1) is 11.8 Å². The van der Waals surface area contributed by atoms with E-state index in [0.717, 1.165) is 18.7 Å². The van der Waals surface area contributed by atoms with Gasteiger partial charge in [0.15, 0.2) is 0 Å². The molecule has 0 saturated carbocycles. The van der Waals surface area contributed by atoms with Crippen molar-refractivity contribution in [2.45, 2.75) is 30.2 Å². The third-order valence-corrected chi connectivity index (χ3v) is 5.51. The summed E-state index contributed by atoms with van der Waals surface area (Å²) in [6, 6.07) is 8.38. The molecule has 0 aliphatic carbocycles. The molecule has 1 amide bonds. The molecular weight excluding hydrogens is 256 g/mol. The summed E-state index contributed by atoms with van der Waals surface area (Å²) in [5, 5.41) is 0. The Bertz CT molecular complexity index is 491. The van der Waals surface area contributed by atoms with Crippen LogP contribution in [0.3, 0.4) is 0 Å². The third kappa shape index (κ3) is 2.39. The van der Waals surface area contributed by atoms with Crippen LogP contribution in [0.25, 0.3) is 0 Å². The Kier molecular flexibility index (Phi) is 3.54. The molecule has 1 fully saturated rings. The van der Waals surface area contributed by atoms with Gasteiger partial charge in [0, 0.05) is 29.8 Å². The number of nitrogens with zero attached hydrogens (tertiary/aromatic N) is 1. The summed E-state index contributed by atoms with van der Waals surface area (Å²) in [5.41, 5.74) is 7.30. The number of nitrogens with two attached hydrogens (primary N) is 1. The number of carbonyl (C=O) groups excluding carboxylic acids is 1. The molecule has 102 valence electrons. The van der Waals surface area contributed by atoms with E-state index < -0.39 is 0 Å². The van der Waals surface area contributed by atoms with Gasteiger partial charge in [-0.3, -0.25) is 4.79 Å². The minimum Gasteiger partial charge on any atom is -0.341 e. The molecule has 2 N–H and O–H groups in total. The second-order valence-electron chi connectivity index (χ2n) is 5.62. The summed E-state index contributed by atoms with van der Waals surface area (Å²) >= 11 is 1.79. The van der Waals surface area contributed by atoms with Crippen LogP contribution >= 0.6 is 11.8 Å². The predicted molar refractivity (Wildman–Crippen MR) is 78.2 cm³/mol. The average Bonchev–Trinajstić information content (AvgIpc) is 2.85. The number of likely N-dealkylation sites (tertiary alicyclic amines) is 1. The van der Waals surface area contributed by atoms with Crippen LogP contribution in [-0.4, -0.2) is 35.7 Å². The normalized spacial score (nSPS) is 30.2. The summed E-state index contributed by atoms with van der Waals surface area (Å²) in [6.07, 6.45) is 1.02. The number of fused-ring (bicyclic) bond motifs is 1. The molecule has 4 heteroatoms. The Hall–Kier alpha value is -1.00. The van der Waals surface area contributed by atoms with Crippen molar-refractivity contribution in [2.24, 2.45) is 11.7 Å². The number of hydrogen-bond donors (Lipinski definition) is 1. The summed E-state index contributed by atoms with van der Waals surface area (Å²) in [7, 11) is 0. The van der Waals surface area contributed by atoms with Crippen molar-refractivity contribution in [1.29, 1.82) is 0 Å². The highest BCUT2D eigenvalue weighted by Gasteiger charge is 2.34. The van der Waals surface area contributed by atoms with Gasteiger partial charge < -0.3 is 10.6 Å². The maximum atomic E-state index is 12.7. The maximum absolute atomic E-state index is 12.7. The quantitative estimate of drug-likeness (QED) is 0.854. The van der Waals surface area contributed by atoms with Crippen LogP contribution in [0.15, 0.2) is 29.2 Å². The minimum atomic E-state index is 0.0295. The van der Waals surface area contributed by atoms with Crippen molar-refractivity contribution in [3.05, 3.63) is 29.8 Å². The first-order chi connectivity index (χ1) is 9.16. The lowest BCUT2D eigenvalue weighted by Crippen LogP contribution is -2.51. The molecule has 1 aromatic rings. The van der Waals surface area contributed by atoms with Gasteiger partial charge in [0.05, 0.1) is 5.92 Å². The Morgan fingerprint density at radius 2 is 2.21 bits per heavy atom. The number of benzene rings is 1. The van der Waals surface area contributed by atoms with Gasteiger partial charge in [-0.2, -0.15) is 0 Å². The molecule has 3 nitrogen and oxygen atoms in total. The van der Waals surface area contributed by atoms with E-state index in [-0.39, 0.29) is 17.9 Å². The van der Waals surface area contributed by atoms with Crippen LogP contribution in [-0.2, 0) is 4.79 Å². The monoisotopic (exact) mass is 276 g/mol. The molecule has 0 radical (unpaired) electrons. The average molecular weight is 276 g/mol. The first kappa shape index (κ1) is 13.0. The molecular formula is C15H20N2OS. The molecule has 3 atom stereocenters. The minimum absolute atomic E-state index is 0.0295. The van der Waals surface area contributed by atoms with E-state index in [4.69, 9.17) is 5.73 Å². The van der Waals surface area contributed by atoms with Crippen LogP contribution < -0.4 is 5.73 Å². The Morgan fingerprint density at radius 3 is 3.00 bits per heavy atom. The topological polar surface area (TPSA) is 46.3 Å². The fraction of sp³-hybridized carbons (Fsp3) is 0.533. The number of hydrogen-bond acceptors (Lipinski definition) is 3. The lowest BCUT2D eigenvalue weighted by Gasteiger charge is -2.36. The zero-order valence-corrected chi connectivity index (χ0v) is 12.0. The van der Waals surface area contributed by atoms with E-state index in [0.29, 0.717) is 12.5 Å². The lowest BCUT2D eigenvalue weighted by atomic mass is 9.92. The zero-order valence-electron chi connectivity index (χ0n) is 11.2. The van der Waals surface area contributed by atoms with Gasteiger partial charge >= 0.3 is 0 Å². The first-order valence-electron chi connectivity index (χ1n) is 6.93. The molecule has 1 saturated heterocycles. The number of carbonyl (C=O) groups is 1. The number of thioether (sulfide) groups is 1. The largest absolute Gasteiger partial charge is 0.341 e. The fourth-order valence-corrected chi connectivity index (χ4v) is 4.11. The van der Waals surface area contributed by atoms with Gasteiger partial charge in [0.1, 0.15) is 0 Å². The van der Waals surface area contributed by atoms with Crippen LogP contribution in [0.2, 0.25) is 0 Å². The molecule has 2 aliphatic rings. The fourth-order valence-electron chi connectivity index (χ4n) is 2.89. The molecule has 0 spiro atoms. The Labute approximate surface area is 118 Å². The molecule has 3 rings (SSSR count). The van der Waals surface area contributed by atoms with Gasteiger partial charge in [-0.1, -0.05) is 25.1 Å². The van der Waals surface area contributed by atoms with Crippen LogP contribution in [0, 0.1) is 5.92 Å². The van der Waals surface area contributed by atoms with E-state index in [1.54, 1.807) is 11.8 Å². The van der Waals surface area contributed by atoms with Crippen molar-refractivity contribution in [3.63, 3.8) is 0 Å². The molecule has 0 aromatic heterocycles. The van der Waals surface area contributed by atoms with Crippen molar-refractivity contribution >= 4 is 17.7 Å². The van der Waals surface area contributed by atoms with E-state index in [2.05, 4.69) is 19.1 Å². The molecule has 1 aromatic carbocycles. The predicted octanol–water partition coefficient (Wildman–Crippen LogP) is 2.07. The van der Waals surface area contributed by atoms with Crippen molar-refractivity contribution in [1.82, 2.24) is 4.90 Å². The number of amides is 1. The summed E-state index contributed by atoms with van der Waals surface area (Å²) < 4.78 is 0. The Balaban J connectivity index is 1.75. The van der Waals surface area contributed by atoms with Crippen molar-refractivity contribution < 1.29 is 4.79 Å². The molecule has 2 heterocycles. The summed E-state index contributed by atoms with van der Waals surface area (Å²) in [4.78, 5) is 15.9.